The molecule has 0 spiro atoms. The van der Waals surface area contributed by atoms with Gasteiger partial charge in [0.05, 0.1) is 17.3 Å². The van der Waals surface area contributed by atoms with Gasteiger partial charge in [-0.2, -0.15) is 0 Å². The zero-order valence-electron chi connectivity index (χ0n) is 15.4. The molecule has 6 nitrogen and oxygen atoms in total. The number of nitrogens with one attached hydrogen (secondary N) is 1. The van der Waals surface area contributed by atoms with Gasteiger partial charge in [0.25, 0.3) is 0 Å². The molecule has 9 heteroatoms. The number of halogens is 2. The molecule has 0 unspecified atom stereocenters. The molecule has 3 rings (SSSR count). The lowest BCUT2D eigenvalue weighted by atomic mass is 10.2. The smallest absolute Gasteiger partial charge is 0.317 e. The fourth-order valence-electron chi connectivity index (χ4n) is 2.44. The first-order valence-corrected chi connectivity index (χ1v) is 10.2. The van der Waals surface area contributed by atoms with E-state index in [2.05, 4.69) is 27.6 Å². The lowest BCUT2D eigenvalue weighted by Crippen LogP contribution is -2.34. The van der Waals surface area contributed by atoms with Crippen LogP contribution in [0.4, 0.5) is 4.79 Å². The molecule has 0 bridgehead atoms. The summed E-state index contributed by atoms with van der Waals surface area (Å²) in [6.45, 7) is 0.207. The summed E-state index contributed by atoms with van der Waals surface area (Å²) >= 11 is 14.1. The van der Waals surface area contributed by atoms with Crippen molar-refractivity contribution in [3.05, 3.63) is 70.0 Å². The van der Waals surface area contributed by atoms with Crippen LogP contribution in [0.3, 0.4) is 0 Å². The van der Waals surface area contributed by atoms with E-state index in [1.165, 1.54) is 22.2 Å². The van der Waals surface area contributed by atoms with E-state index < -0.39 is 0 Å². The molecular formula is C19H19Cl2N5OS. The van der Waals surface area contributed by atoms with Crippen LogP contribution in [0.25, 0.3) is 5.69 Å². The number of amides is 2. The SMILES string of the molecule is CN(C)C(=O)NCc1nnc(SCc2ccccc2)n1-c1cc(Cl)ccc1Cl. The van der Waals surface area contributed by atoms with E-state index in [0.29, 0.717) is 26.7 Å². The van der Waals surface area contributed by atoms with Gasteiger partial charge in [0, 0.05) is 24.9 Å². The van der Waals surface area contributed by atoms with Crippen LogP contribution in [0.5, 0.6) is 0 Å². The number of carbonyl (C=O) groups excluding carboxylic acids is 1. The average Bonchev–Trinajstić information content (AvgIpc) is 3.09. The molecule has 0 saturated heterocycles. The number of hydrogen-bond donors (Lipinski definition) is 1. The Morgan fingerprint density at radius 1 is 1.14 bits per heavy atom. The molecule has 0 fully saturated rings. The fraction of sp³-hybridized carbons (Fsp3) is 0.211. The Balaban J connectivity index is 1.93. The van der Waals surface area contributed by atoms with Gasteiger partial charge in [0.15, 0.2) is 11.0 Å². The minimum absolute atomic E-state index is 0.207. The summed E-state index contributed by atoms with van der Waals surface area (Å²) in [5.74, 6) is 1.29. The summed E-state index contributed by atoms with van der Waals surface area (Å²) in [6, 6.07) is 15.1. The molecule has 0 aliphatic carbocycles. The topological polar surface area (TPSA) is 63.1 Å². The number of hydrogen-bond acceptors (Lipinski definition) is 4. The molecule has 2 amide bonds. The first-order chi connectivity index (χ1) is 13.5. The molecule has 0 saturated carbocycles. The molecule has 0 atom stereocenters. The Hall–Kier alpha value is -2.22. The third kappa shape index (κ3) is 4.98. The van der Waals surface area contributed by atoms with Crippen molar-refractivity contribution >= 4 is 41.0 Å². The van der Waals surface area contributed by atoms with Gasteiger partial charge >= 0.3 is 6.03 Å². The molecular weight excluding hydrogens is 417 g/mol. The number of carbonyl (C=O) groups is 1. The van der Waals surface area contributed by atoms with Gasteiger partial charge in [-0.3, -0.25) is 4.57 Å². The minimum Gasteiger partial charge on any atom is -0.331 e. The van der Waals surface area contributed by atoms with Gasteiger partial charge < -0.3 is 10.2 Å². The van der Waals surface area contributed by atoms with Crippen LogP contribution in [0.2, 0.25) is 10.0 Å². The van der Waals surface area contributed by atoms with Crippen LogP contribution >= 0.6 is 35.0 Å². The van der Waals surface area contributed by atoms with Crippen molar-refractivity contribution in [2.24, 2.45) is 0 Å². The van der Waals surface area contributed by atoms with Gasteiger partial charge in [-0.05, 0) is 23.8 Å². The highest BCUT2D eigenvalue weighted by Crippen LogP contribution is 2.30. The number of nitrogens with zero attached hydrogens (tertiary/aromatic N) is 4. The molecule has 1 aromatic heterocycles. The maximum Gasteiger partial charge on any atom is 0.317 e. The summed E-state index contributed by atoms with van der Waals surface area (Å²) in [4.78, 5) is 13.4. The van der Waals surface area contributed by atoms with Crippen molar-refractivity contribution in [2.75, 3.05) is 14.1 Å². The maximum absolute atomic E-state index is 11.9. The number of thioether (sulfide) groups is 1. The van der Waals surface area contributed by atoms with Crippen molar-refractivity contribution in [2.45, 2.75) is 17.5 Å². The Morgan fingerprint density at radius 3 is 2.61 bits per heavy atom. The lowest BCUT2D eigenvalue weighted by Gasteiger charge is -2.14. The van der Waals surface area contributed by atoms with Crippen molar-refractivity contribution in [1.82, 2.24) is 25.0 Å². The molecule has 0 radical (unpaired) electrons. The van der Waals surface area contributed by atoms with E-state index in [1.807, 2.05) is 22.8 Å². The first kappa shape index (κ1) is 20.5. The normalized spacial score (nSPS) is 10.7. The monoisotopic (exact) mass is 435 g/mol. The first-order valence-electron chi connectivity index (χ1n) is 8.47. The molecule has 28 heavy (non-hydrogen) atoms. The number of rotatable bonds is 6. The highest BCUT2D eigenvalue weighted by molar-refractivity contribution is 7.98. The summed E-state index contributed by atoms with van der Waals surface area (Å²) in [5, 5.41) is 13.1. The zero-order chi connectivity index (χ0) is 20.1. The van der Waals surface area contributed by atoms with Crippen molar-refractivity contribution in [1.29, 1.82) is 0 Å². The van der Waals surface area contributed by atoms with Gasteiger partial charge in [0.2, 0.25) is 0 Å². The second-order valence-electron chi connectivity index (χ2n) is 6.16. The van der Waals surface area contributed by atoms with E-state index >= 15 is 0 Å². The van der Waals surface area contributed by atoms with Crippen LogP contribution in [0.1, 0.15) is 11.4 Å². The van der Waals surface area contributed by atoms with Gasteiger partial charge in [-0.15, -0.1) is 10.2 Å². The van der Waals surface area contributed by atoms with Crippen LogP contribution < -0.4 is 5.32 Å². The Bertz CT molecular complexity index is 962. The van der Waals surface area contributed by atoms with E-state index in [1.54, 1.807) is 32.3 Å². The van der Waals surface area contributed by atoms with E-state index in [0.717, 1.165) is 5.75 Å². The highest BCUT2D eigenvalue weighted by atomic mass is 35.5. The van der Waals surface area contributed by atoms with Gasteiger partial charge in [-0.25, -0.2) is 4.79 Å². The van der Waals surface area contributed by atoms with Gasteiger partial charge in [-0.1, -0.05) is 65.3 Å². The number of benzene rings is 2. The Labute approximate surface area is 177 Å². The van der Waals surface area contributed by atoms with E-state index in [4.69, 9.17) is 23.2 Å². The van der Waals surface area contributed by atoms with Crippen molar-refractivity contribution in [3.63, 3.8) is 0 Å². The maximum atomic E-state index is 11.9. The zero-order valence-corrected chi connectivity index (χ0v) is 17.7. The molecule has 0 aliphatic rings. The predicted molar refractivity (Wildman–Crippen MR) is 113 cm³/mol. The standard InChI is InChI=1S/C19H19Cl2N5OS/c1-25(2)18(27)22-11-17-23-24-19(28-12-13-6-4-3-5-7-13)26(17)16-10-14(20)8-9-15(16)21/h3-10H,11-12H2,1-2H3,(H,22,27). The second-order valence-corrected chi connectivity index (χ2v) is 7.94. The second kappa shape index (κ2) is 9.32. The predicted octanol–water partition coefficient (Wildman–Crippen LogP) is 4.64. The summed E-state index contributed by atoms with van der Waals surface area (Å²) in [6.07, 6.45) is 0. The molecule has 0 aliphatic heterocycles. The third-order valence-electron chi connectivity index (χ3n) is 3.86. The van der Waals surface area contributed by atoms with Crippen LogP contribution in [-0.4, -0.2) is 39.8 Å². The van der Waals surface area contributed by atoms with Crippen LogP contribution in [-0.2, 0) is 12.3 Å². The average molecular weight is 436 g/mol. The highest BCUT2D eigenvalue weighted by Gasteiger charge is 2.18. The van der Waals surface area contributed by atoms with Crippen molar-refractivity contribution < 1.29 is 4.79 Å². The molecule has 1 heterocycles. The fourth-order valence-corrected chi connectivity index (χ4v) is 3.73. The van der Waals surface area contributed by atoms with Crippen molar-refractivity contribution in [3.8, 4) is 5.69 Å². The molecule has 1 N–H and O–H groups in total. The minimum atomic E-state index is -0.217. The lowest BCUT2D eigenvalue weighted by molar-refractivity contribution is 0.216. The number of aromatic nitrogens is 3. The summed E-state index contributed by atoms with van der Waals surface area (Å²) < 4.78 is 1.83. The Kier molecular flexibility index (Phi) is 6.83. The van der Waals surface area contributed by atoms with E-state index in [-0.39, 0.29) is 12.6 Å². The van der Waals surface area contributed by atoms with Gasteiger partial charge in [0.1, 0.15) is 0 Å². The molecule has 2 aromatic carbocycles. The quantitative estimate of drug-likeness (QED) is 0.572. The third-order valence-corrected chi connectivity index (χ3v) is 5.42. The molecule has 3 aromatic rings. The summed E-state index contributed by atoms with van der Waals surface area (Å²) in [5.41, 5.74) is 1.84. The largest absolute Gasteiger partial charge is 0.331 e. The summed E-state index contributed by atoms with van der Waals surface area (Å²) in [7, 11) is 3.35. The number of urea groups is 1. The van der Waals surface area contributed by atoms with Crippen LogP contribution in [0, 0.1) is 0 Å². The Morgan fingerprint density at radius 2 is 1.89 bits per heavy atom. The van der Waals surface area contributed by atoms with E-state index in [9.17, 15) is 4.79 Å². The van der Waals surface area contributed by atoms with Crippen LogP contribution in [0.15, 0.2) is 53.7 Å². The molecule has 146 valence electrons.